The summed E-state index contributed by atoms with van der Waals surface area (Å²) in [5.74, 6) is 0.628. The summed E-state index contributed by atoms with van der Waals surface area (Å²) >= 11 is 6.00. The third-order valence-electron chi connectivity index (χ3n) is 2.73. The molecule has 0 amide bonds. The second kappa shape index (κ2) is 6.44. The van der Waals surface area contributed by atoms with Crippen molar-refractivity contribution in [2.45, 2.75) is 13.8 Å². The number of rotatable bonds is 4. The fourth-order valence-corrected chi connectivity index (χ4v) is 1.85. The first-order valence-electron chi connectivity index (χ1n) is 6.31. The molecular weight excluding hydrogens is 276 g/mol. The van der Waals surface area contributed by atoms with Gasteiger partial charge in [0.05, 0.1) is 12.2 Å². The number of hydrogen-bond donors (Lipinski definition) is 0. The third-order valence-corrected chi connectivity index (χ3v) is 3.14. The molecule has 0 atom stereocenters. The normalized spacial score (nSPS) is 10.2. The number of benzene rings is 2. The maximum absolute atomic E-state index is 12.0. The van der Waals surface area contributed by atoms with Crippen LogP contribution in [-0.2, 0) is 0 Å². The van der Waals surface area contributed by atoms with E-state index in [1.807, 2.05) is 19.9 Å². The van der Waals surface area contributed by atoms with Gasteiger partial charge in [0.15, 0.2) is 0 Å². The number of halogens is 1. The van der Waals surface area contributed by atoms with E-state index in [0.717, 1.165) is 5.56 Å². The van der Waals surface area contributed by atoms with Crippen LogP contribution in [0.15, 0.2) is 42.5 Å². The molecule has 0 aliphatic rings. The minimum Gasteiger partial charge on any atom is -0.494 e. The summed E-state index contributed by atoms with van der Waals surface area (Å²) in [4.78, 5) is 12.0. The highest BCUT2D eigenvalue weighted by Gasteiger charge is 2.10. The van der Waals surface area contributed by atoms with Gasteiger partial charge in [-0.3, -0.25) is 0 Å². The second-order valence-corrected chi connectivity index (χ2v) is 4.67. The van der Waals surface area contributed by atoms with Gasteiger partial charge in [-0.15, -0.1) is 0 Å². The number of esters is 1. The van der Waals surface area contributed by atoms with Crippen LogP contribution in [0.2, 0.25) is 5.02 Å². The minimum atomic E-state index is -0.438. The van der Waals surface area contributed by atoms with Crippen LogP contribution in [0, 0.1) is 6.92 Å². The lowest BCUT2D eigenvalue weighted by Crippen LogP contribution is -2.08. The molecular formula is C16H15ClO3. The number of hydrogen-bond acceptors (Lipinski definition) is 3. The molecule has 0 fully saturated rings. The fourth-order valence-electron chi connectivity index (χ4n) is 1.68. The molecule has 104 valence electrons. The van der Waals surface area contributed by atoms with Gasteiger partial charge in [-0.05, 0) is 49.7 Å². The minimum absolute atomic E-state index is 0.424. The van der Waals surface area contributed by atoms with Crippen LogP contribution in [0.5, 0.6) is 11.5 Å². The van der Waals surface area contributed by atoms with Gasteiger partial charge < -0.3 is 9.47 Å². The molecule has 20 heavy (non-hydrogen) atoms. The molecule has 0 aromatic heterocycles. The zero-order valence-electron chi connectivity index (χ0n) is 11.4. The molecule has 0 N–H and O–H groups in total. The average Bonchev–Trinajstić information content (AvgIpc) is 2.43. The predicted molar refractivity (Wildman–Crippen MR) is 78.8 cm³/mol. The molecule has 0 unspecified atom stereocenters. The highest BCUT2D eigenvalue weighted by Crippen LogP contribution is 2.23. The molecule has 0 spiro atoms. The van der Waals surface area contributed by atoms with E-state index in [9.17, 15) is 4.79 Å². The average molecular weight is 291 g/mol. The van der Waals surface area contributed by atoms with Crippen molar-refractivity contribution in [3.63, 3.8) is 0 Å². The van der Waals surface area contributed by atoms with Crippen molar-refractivity contribution >= 4 is 17.6 Å². The van der Waals surface area contributed by atoms with Crippen molar-refractivity contribution in [3.8, 4) is 11.5 Å². The summed E-state index contributed by atoms with van der Waals surface area (Å²) in [5, 5.41) is 0.568. The van der Waals surface area contributed by atoms with E-state index in [0.29, 0.717) is 28.7 Å². The Balaban J connectivity index is 2.15. The first-order valence-corrected chi connectivity index (χ1v) is 6.69. The van der Waals surface area contributed by atoms with Gasteiger partial charge in [0, 0.05) is 5.02 Å². The van der Waals surface area contributed by atoms with Crippen LogP contribution in [0.3, 0.4) is 0 Å². The van der Waals surface area contributed by atoms with Gasteiger partial charge in [0.25, 0.3) is 0 Å². The first kappa shape index (κ1) is 14.4. The Morgan fingerprint density at radius 2 is 1.95 bits per heavy atom. The maximum atomic E-state index is 12.0. The largest absolute Gasteiger partial charge is 0.494 e. The van der Waals surface area contributed by atoms with E-state index in [4.69, 9.17) is 21.1 Å². The van der Waals surface area contributed by atoms with Crippen LogP contribution in [0.4, 0.5) is 0 Å². The van der Waals surface area contributed by atoms with Gasteiger partial charge in [-0.25, -0.2) is 4.79 Å². The van der Waals surface area contributed by atoms with Gasteiger partial charge in [-0.2, -0.15) is 0 Å². The first-order chi connectivity index (χ1) is 9.60. The molecule has 0 aliphatic carbocycles. The molecule has 2 rings (SSSR count). The van der Waals surface area contributed by atoms with Crippen LogP contribution in [0.25, 0.3) is 0 Å². The highest BCUT2D eigenvalue weighted by molar-refractivity contribution is 6.31. The van der Waals surface area contributed by atoms with Gasteiger partial charge in [0.1, 0.15) is 11.5 Å². The number of carbonyl (C=O) groups excluding carboxylic acids is 1. The molecule has 0 bridgehead atoms. The lowest BCUT2D eigenvalue weighted by atomic mass is 10.2. The van der Waals surface area contributed by atoms with Crippen LogP contribution >= 0.6 is 11.6 Å². The van der Waals surface area contributed by atoms with Crippen molar-refractivity contribution in [2.75, 3.05) is 6.61 Å². The summed E-state index contributed by atoms with van der Waals surface area (Å²) in [6, 6.07) is 12.0. The zero-order valence-corrected chi connectivity index (χ0v) is 12.1. The molecule has 0 saturated carbocycles. The second-order valence-electron chi connectivity index (χ2n) is 4.26. The van der Waals surface area contributed by atoms with Crippen molar-refractivity contribution in [3.05, 3.63) is 58.6 Å². The zero-order chi connectivity index (χ0) is 14.5. The third kappa shape index (κ3) is 3.52. The Kier molecular flexibility index (Phi) is 4.64. The van der Waals surface area contributed by atoms with Crippen molar-refractivity contribution in [1.29, 1.82) is 0 Å². The lowest BCUT2D eigenvalue weighted by Gasteiger charge is -2.07. The Hall–Kier alpha value is -2.00. The number of ether oxygens (including phenoxy) is 2. The van der Waals surface area contributed by atoms with Crippen LogP contribution in [0.1, 0.15) is 22.8 Å². The maximum Gasteiger partial charge on any atom is 0.343 e. The Bertz CT molecular complexity index is 623. The molecule has 0 radical (unpaired) electrons. The summed E-state index contributed by atoms with van der Waals surface area (Å²) in [6.45, 7) is 4.32. The number of carbonyl (C=O) groups is 1. The lowest BCUT2D eigenvalue weighted by molar-refractivity contribution is 0.0734. The standard InChI is InChI=1S/C16H15ClO3/c1-3-19-13-6-4-5-12(9-13)16(18)20-14-8-7-11(2)15(17)10-14/h4-10H,3H2,1-2H3. The quantitative estimate of drug-likeness (QED) is 0.623. The monoisotopic (exact) mass is 290 g/mol. The molecule has 0 heterocycles. The molecule has 2 aromatic carbocycles. The van der Waals surface area contributed by atoms with E-state index in [1.54, 1.807) is 36.4 Å². The SMILES string of the molecule is CCOc1cccc(C(=O)Oc2ccc(C)c(Cl)c2)c1. The predicted octanol–water partition coefficient (Wildman–Crippen LogP) is 4.27. The van der Waals surface area contributed by atoms with Gasteiger partial charge in [0.2, 0.25) is 0 Å². The molecule has 2 aromatic rings. The molecule has 0 aliphatic heterocycles. The Morgan fingerprint density at radius 1 is 1.15 bits per heavy atom. The van der Waals surface area contributed by atoms with E-state index in [2.05, 4.69) is 0 Å². The van der Waals surface area contributed by atoms with Gasteiger partial charge >= 0.3 is 5.97 Å². The summed E-state index contributed by atoms with van der Waals surface area (Å²) in [6.07, 6.45) is 0. The Labute approximate surface area is 123 Å². The van der Waals surface area contributed by atoms with Gasteiger partial charge in [-0.1, -0.05) is 23.7 Å². The van der Waals surface area contributed by atoms with E-state index < -0.39 is 5.97 Å². The van der Waals surface area contributed by atoms with Crippen molar-refractivity contribution in [2.24, 2.45) is 0 Å². The molecule has 3 nitrogen and oxygen atoms in total. The van der Waals surface area contributed by atoms with E-state index >= 15 is 0 Å². The molecule has 4 heteroatoms. The molecule has 0 saturated heterocycles. The highest BCUT2D eigenvalue weighted by atomic mass is 35.5. The van der Waals surface area contributed by atoms with Crippen LogP contribution in [-0.4, -0.2) is 12.6 Å². The summed E-state index contributed by atoms with van der Waals surface area (Å²) < 4.78 is 10.6. The van der Waals surface area contributed by atoms with E-state index in [-0.39, 0.29) is 0 Å². The van der Waals surface area contributed by atoms with Crippen molar-refractivity contribution in [1.82, 2.24) is 0 Å². The Morgan fingerprint density at radius 3 is 2.65 bits per heavy atom. The number of aryl methyl sites for hydroxylation is 1. The smallest absolute Gasteiger partial charge is 0.343 e. The summed E-state index contributed by atoms with van der Waals surface area (Å²) in [7, 11) is 0. The summed E-state index contributed by atoms with van der Waals surface area (Å²) in [5.41, 5.74) is 1.37. The topological polar surface area (TPSA) is 35.5 Å². The van der Waals surface area contributed by atoms with Crippen molar-refractivity contribution < 1.29 is 14.3 Å². The van der Waals surface area contributed by atoms with Crippen LogP contribution < -0.4 is 9.47 Å². The van der Waals surface area contributed by atoms with E-state index in [1.165, 1.54) is 0 Å². The fraction of sp³-hybridized carbons (Fsp3) is 0.188.